The Kier molecular flexibility index (Phi) is 4.52. The Hall–Kier alpha value is -1.31. The summed E-state index contributed by atoms with van der Waals surface area (Å²) in [6.07, 6.45) is -0.691. The van der Waals surface area contributed by atoms with Gasteiger partial charge in [0.05, 0.1) is 11.8 Å². The van der Waals surface area contributed by atoms with Crippen LogP contribution in [0.1, 0.15) is 47.8 Å². The molecule has 0 spiro atoms. The van der Waals surface area contributed by atoms with Crippen molar-refractivity contribution in [3.8, 4) is 0 Å². The second-order valence-corrected chi connectivity index (χ2v) is 7.02. The summed E-state index contributed by atoms with van der Waals surface area (Å²) >= 11 is 2.60. The van der Waals surface area contributed by atoms with Crippen LogP contribution in [0.5, 0.6) is 0 Å². The minimum absolute atomic E-state index is 0.178. The van der Waals surface area contributed by atoms with Crippen molar-refractivity contribution in [1.29, 1.82) is 0 Å². The van der Waals surface area contributed by atoms with Gasteiger partial charge in [0.1, 0.15) is 4.88 Å². The first-order valence-corrected chi connectivity index (χ1v) is 7.92. The van der Waals surface area contributed by atoms with Gasteiger partial charge in [0.2, 0.25) is 0 Å². The molecule has 2 rings (SSSR count). The van der Waals surface area contributed by atoms with Gasteiger partial charge in [-0.3, -0.25) is 4.79 Å². The Morgan fingerprint density at radius 1 is 1.50 bits per heavy atom. The van der Waals surface area contributed by atoms with Crippen LogP contribution in [0.3, 0.4) is 0 Å². The summed E-state index contributed by atoms with van der Waals surface area (Å²) in [4.78, 5) is 12.7. The Morgan fingerprint density at radius 3 is 2.85 bits per heavy atom. The van der Waals surface area contributed by atoms with Crippen LogP contribution in [0.4, 0.5) is 0 Å². The molecule has 1 unspecified atom stereocenters. The number of rotatable bonds is 4. The molecule has 0 radical (unpaired) electrons. The van der Waals surface area contributed by atoms with Gasteiger partial charge in [-0.05, 0) is 33.9 Å². The van der Waals surface area contributed by atoms with Crippen molar-refractivity contribution in [2.75, 3.05) is 6.54 Å². The number of aromatic nitrogens is 2. The van der Waals surface area contributed by atoms with Crippen molar-refractivity contribution < 1.29 is 9.90 Å². The van der Waals surface area contributed by atoms with Crippen molar-refractivity contribution in [3.05, 3.63) is 33.0 Å². The van der Waals surface area contributed by atoms with Gasteiger partial charge in [-0.2, -0.15) is 11.3 Å². The highest BCUT2D eigenvalue weighted by Gasteiger charge is 2.26. The fourth-order valence-electron chi connectivity index (χ4n) is 1.68. The quantitative estimate of drug-likeness (QED) is 0.909. The molecule has 108 valence electrons. The lowest BCUT2D eigenvalue weighted by atomic mass is 9.91. The normalized spacial score (nSPS) is 13.2. The Balaban J connectivity index is 2.01. The Bertz CT molecular complexity index is 573. The molecule has 0 bridgehead atoms. The summed E-state index contributed by atoms with van der Waals surface area (Å²) < 4.78 is 3.86. The minimum Gasteiger partial charge on any atom is -0.387 e. The summed E-state index contributed by atoms with van der Waals surface area (Å²) in [5.41, 5.74) is 1.27. The lowest BCUT2D eigenvalue weighted by molar-refractivity contribution is 0.0918. The van der Waals surface area contributed by atoms with Crippen LogP contribution in [0.15, 0.2) is 16.8 Å². The summed E-state index contributed by atoms with van der Waals surface area (Å²) in [5, 5.41) is 20.5. The van der Waals surface area contributed by atoms with Crippen LogP contribution in [-0.4, -0.2) is 27.1 Å². The number of carbonyl (C=O) groups is 1. The highest BCUT2D eigenvalue weighted by molar-refractivity contribution is 7.08. The maximum absolute atomic E-state index is 12.2. The lowest BCUT2D eigenvalue weighted by Gasteiger charge is -2.16. The van der Waals surface area contributed by atoms with E-state index in [0.717, 1.165) is 17.1 Å². The number of nitrogens with one attached hydrogen (secondary N) is 1. The van der Waals surface area contributed by atoms with Crippen molar-refractivity contribution in [1.82, 2.24) is 14.9 Å². The first kappa shape index (κ1) is 15.1. The first-order valence-electron chi connectivity index (χ1n) is 6.21. The van der Waals surface area contributed by atoms with E-state index < -0.39 is 6.10 Å². The molecule has 0 fully saturated rings. The number of hydrogen-bond donors (Lipinski definition) is 2. The smallest absolute Gasteiger partial charge is 0.265 e. The number of hydrogen-bond acceptors (Lipinski definition) is 6. The van der Waals surface area contributed by atoms with E-state index in [2.05, 4.69) is 14.9 Å². The van der Waals surface area contributed by atoms with Gasteiger partial charge < -0.3 is 10.4 Å². The molecule has 0 aliphatic heterocycles. The summed E-state index contributed by atoms with van der Waals surface area (Å²) in [6, 6.07) is 1.84. The standard InChI is InChI=1S/C13H17N3O2S2/c1-13(2,3)11-10(20-16-15-11)12(18)14-6-9(17)8-4-5-19-7-8/h4-5,7,9,17H,6H2,1-3H3,(H,14,18). The monoisotopic (exact) mass is 311 g/mol. The van der Waals surface area contributed by atoms with Crippen LogP contribution in [0.2, 0.25) is 0 Å². The van der Waals surface area contributed by atoms with Crippen molar-refractivity contribution >= 4 is 28.8 Å². The third-order valence-electron chi connectivity index (χ3n) is 2.79. The molecular formula is C13H17N3O2S2. The largest absolute Gasteiger partial charge is 0.387 e. The number of amides is 1. The fourth-order valence-corrected chi connectivity index (χ4v) is 3.18. The number of carbonyl (C=O) groups excluding carboxylic acids is 1. The molecular weight excluding hydrogens is 294 g/mol. The highest BCUT2D eigenvalue weighted by Crippen LogP contribution is 2.25. The molecule has 0 aliphatic carbocycles. The van der Waals surface area contributed by atoms with Gasteiger partial charge in [-0.25, -0.2) is 0 Å². The zero-order chi connectivity index (χ0) is 14.8. The Morgan fingerprint density at radius 2 is 2.25 bits per heavy atom. The first-order chi connectivity index (χ1) is 9.39. The lowest BCUT2D eigenvalue weighted by Crippen LogP contribution is -2.29. The average molecular weight is 311 g/mol. The van der Waals surface area contributed by atoms with Gasteiger partial charge in [0.25, 0.3) is 5.91 Å². The summed E-state index contributed by atoms with van der Waals surface area (Å²) in [5.74, 6) is -0.237. The fraction of sp³-hybridized carbons (Fsp3) is 0.462. The highest BCUT2D eigenvalue weighted by atomic mass is 32.1. The molecule has 0 aromatic carbocycles. The van der Waals surface area contributed by atoms with Gasteiger partial charge in [0.15, 0.2) is 0 Å². The predicted molar refractivity (Wildman–Crippen MR) is 80.2 cm³/mol. The zero-order valence-electron chi connectivity index (χ0n) is 11.6. The van der Waals surface area contributed by atoms with E-state index >= 15 is 0 Å². The topological polar surface area (TPSA) is 75.1 Å². The number of thiophene rings is 1. The second kappa shape index (κ2) is 5.99. The molecule has 0 saturated carbocycles. The van der Waals surface area contributed by atoms with E-state index in [1.807, 2.05) is 37.6 Å². The SMILES string of the molecule is CC(C)(C)c1nnsc1C(=O)NCC(O)c1ccsc1. The molecule has 1 amide bonds. The number of nitrogens with zero attached hydrogens (tertiary/aromatic N) is 2. The van der Waals surface area contributed by atoms with Crippen molar-refractivity contribution in [3.63, 3.8) is 0 Å². The minimum atomic E-state index is -0.691. The molecule has 20 heavy (non-hydrogen) atoms. The predicted octanol–water partition coefficient (Wildman–Crippen LogP) is 2.36. The molecule has 2 N–H and O–H groups in total. The Labute approximate surface area is 125 Å². The van der Waals surface area contributed by atoms with E-state index in [1.165, 1.54) is 11.3 Å². The van der Waals surface area contributed by atoms with Gasteiger partial charge in [0, 0.05) is 12.0 Å². The maximum Gasteiger partial charge on any atom is 0.265 e. The summed E-state index contributed by atoms with van der Waals surface area (Å²) in [6.45, 7) is 6.14. The molecule has 2 aromatic heterocycles. The van der Waals surface area contributed by atoms with Crippen LogP contribution in [-0.2, 0) is 5.41 Å². The maximum atomic E-state index is 12.2. The molecule has 2 heterocycles. The van der Waals surface area contributed by atoms with E-state index in [-0.39, 0.29) is 17.9 Å². The number of aliphatic hydroxyl groups is 1. The van der Waals surface area contributed by atoms with E-state index in [0.29, 0.717) is 10.6 Å². The van der Waals surface area contributed by atoms with Crippen molar-refractivity contribution in [2.24, 2.45) is 0 Å². The number of aliphatic hydroxyl groups excluding tert-OH is 1. The van der Waals surface area contributed by atoms with E-state index in [4.69, 9.17) is 0 Å². The van der Waals surface area contributed by atoms with E-state index in [9.17, 15) is 9.90 Å². The van der Waals surface area contributed by atoms with Gasteiger partial charge in [-0.1, -0.05) is 25.3 Å². The van der Waals surface area contributed by atoms with Crippen LogP contribution in [0, 0.1) is 0 Å². The van der Waals surface area contributed by atoms with Crippen LogP contribution in [0.25, 0.3) is 0 Å². The third-order valence-corrected chi connectivity index (χ3v) is 4.21. The molecule has 2 aromatic rings. The molecule has 5 nitrogen and oxygen atoms in total. The molecule has 7 heteroatoms. The van der Waals surface area contributed by atoms with Gasteiger partial charge >= 0.3 is 0 Å². The molecule has 1 atom stereocenters. The second-order valence-electron chi connectivity index (χ2n) is 5.48. The summed E-state index contributed by atoms with van der Waals surface area (Å²) in [7, 11) is 0. The average Bonchev–Trinajstić information content (AvgIpc) is 3.03. The van der Waals surface area contributed by atoms with Gasteiger partial charge in [-0.15, -0.1) is 5.10 Å². The van der Waals surface area contributed by atoms with Crippen molar-refractivity contribution in [2.45, 2.75) is 32.3 Å². The molecule has 0 aliphatic rings. The third kappa shape index (κ3) is 3.41. The van der Waals surface area contributed by atoms with E-state index in [1.54, 1.807) is 0 Å². The molecule has 0 saturated heterocycles. The van der Waals surface area contributed by atoms with Crippen LogP contribution < -0.4 is 5.32 Å². The van der Waals surface area contributed by atoms with Crippen LogP contribution >= 0.6 is 22.9 Å². The zero-order valence-corrected chi connectivity index (χ0v) is 13.2.